The highest BCUT2D eigenvalue weighted by Crippen LogP contribution is 2.23. The summed E-state index contributed by atoms with van der Waals surface area (Å²) in [5, 5.41) is 12.8. The summed E-state index contributed by atoms with van der Waals surface area (Å²) in [6.45, 7) is 4.00. The van der Waals surface area contributed by atoms with Gasteiger partial charge in [-0.25, -0.2) is 0 Å². The number of rotatable bonds is 6. The van der Waals surface area contributed by atoms with Crippen LogP contribution in [0.5, 0.6) is 0 Å². The molecule has 2 aromatic rings. The Kier molecular flexibility index (Phi) is 5.59. The Morgan fingerprint density at radius 1 is 1.33 bits per heavy atom. The zero-order valence-electron chi connectivity index (χ0n) is 12.2. The summed E-state index contributed by atoms with van der Waals surface area (Å²) in [7, 11) is 0. The minimum absolute atomic E-state index is 0.0264. The van der Waals surface area contributed by atoms with Gasteiger partial charge in [-0.05, 0) is 42.9 Å². The summed E-state index contributed by atoms with van der Waals surface area (Å²) in [6.07, 6.45) is 1.74. The summed E-state index contributed by atoms with van der Waals surface area (Å²) >= 11 is 1.55. The highest BCUT2D eigenvalue weighted by Gasteiger charge is 2.15. The van der Waals surface area contributed by atoms with E-state index < -0.39 is 0 Å². The number of carbonyl (C=O) groups is 1. The molecule has 2 N–H and O–H groups in total. The molecule has 0 saturated carbocycles. The third-order valence-corrected chi connectivity index (χ3v) is 4.69. The summed E-state index contributed by atoms with van der Waals surface area (Å²) in [5.74, 6) is 0.941. The summed E-state index contributed by atoms with van der Waals surface area (Å²) in [5.41, 5.74) is 1.65. The largest absolute Gasteiger partial charge is 0.396 e. The maximum absolute atomic E-state index is 12.2. The maximum atomic E-state index is 12.2. The van der Waals surface area contributed by atoms with E-state index in [-0.39, 0.29) is 23.7 Å². The second-order valence-electron chi connectivity index (χ2n) is 5.13. The van der Waals surface area contributed by atoms with Gasteiger partial charge in [-0.1, -0.05) is 13.0 Å². The number of aliphatic hydroxyl groups excluding tert-OH is 1. The Morgan fingerprint density at radius 2 is 2.14 bits per heavy atom. The van der Waals surface area contributed by atoms with Crippen LogP contribution in [0.1, 0.15) is 13.8 Å². The van der Waals surface area contributed by atoms with Crippen molar-refractivity contribution in [2.75, 3.05) is 17.7 Å². The van der Waals surface area contributed by atoms with Crippen LogP contribution in [-0.2, 0) is 4.79 Å². The molecule has 1 heterocycles. The van der Waals surface area contributed by atoms with E-state index in [0.717, 1.165) is 22.3 Å². The fourth-order valence-electron chi connectivity index (χ4n) is 1.88. The van der Waals surface area contributed by atoms with Gasteiger partial charge in [0.05, 0.1) is 16.5 Å². The molecule has 1 amide bonds. The zero-order chi connectivity index (χ0) is 15.2. The van der Waals surface area contributed by atoms with E-state index >= 15 is 0 Å². The highest BCUT2D eigenvalue weighted by atomic mass is 32.2. The van der Waals surface area contributed by atoms with E-state index in [9.17, 15) is 4.79 Å². The quantitative estimate of drug-likeness (QED) is 0.861. The SMILES string of the molecule is CC(CO)CSC(C)C(=O)Nc1cccc2ncccc12. The van der Waals surface area contributed by atoms with Gasteiger partial charge in [0.2, 0.25) is 5.91 Å². The maximum Gasteiger partial charge on any atom is 0.237 e. The number of hydrogen-bond acceptors (Lipinski definition) is 4. The number of aromatic nitrogens is 1. The van der Waals surface area contributed by atoms with E-state index in [1.807, 2.05) is 44.2 Å². The van der Waals surface area contributed by atoms with Crippen molar-refractivity contribution in [3.8, 4) is 0 Å². The number of nitrogens with one attached hydrogen (secondary N) is 1. The first-order chi connectivity index (χ1) is 10.1. The number of aliphatic hydroxyl groups is 1. The molecule has 0 aliphatic heterocycles. The number of nitrogens with zero attached hydrogens (tertiary/aromatic N) is 1. The Labute approximate surface area is 129 Å². The average Bonchev–Trinajstić information content (AvgIpc) is 2.52. The molecule has 0 saturated heterocycles. The topological polar surface area (TPSA) is 62.2 Å². The molecular weight excluding hydrogens is 284 g/mol. The normalized spacial score (nSPS) is 13.9. The molecule has 2 unspecified atom stereocenters. The lowest BCUT2D eigenvalue weighted by atomic mass is 10.2. The van der Waals surface area contributed by atoms with Crippen LogP contribution in [0.3, 0.4) is 0 Å². The molecule has 21 heavy (non-hydrogen) atoms. The van der Waals surface area contributed by atoms with E-state index in [1.54, 1.807) is 18.0 Å². The summed E-state index contributed by atoms with van der Waals surface area (Å²) < 4.78 is 0. The third-order valence-electron chi connectivity index (χ3n) is 3.22. The summed E-state index contributed by atoms with van der Waals surface area (Å²) in [6, 6.07) is 9.50. The van der Waals surface area contributed by atoms with Gasteiger partial charge in [-0.15, -0.1) is 11.8 Å². The van der Waals surface area contributed by atoms with Gasteiger partial charge in [-0.3, -0.25) is 9.78 Å². The molecule has 0 aliphatic carbocycles. The van der Waals surface area contributed by atoms with Crippen LogP contribution in [0.15, 0.2) is 36.5 Å². The lowest BCUT2D eigenvalue weighted by Gasteiger charge is -2.15. The second-order valence-corrected chi connectivity index (χ2v) is 6.50. The van der Waals surface area contributed by atoms with Gasteiger partial charge in [-0.2, -0.15) is 0 Å². The first kappa shape index (κ1) is 15.8. The average molecular weight is 304 g/mol. The predicted molar refractivity (Wildman–Crippen MR) is 88.5 cm³/mol. The number of hydrogen-bond donors (Lipinski definition) is 2. The first-order valence-corrected chi connectivity index (χ1v) is 8.03. The van der Waals surface area contributed by atoms with Crippen LogP contribution in [0.4, 0.5) is 5.69 Å². The van der Waals surface area contributed by atoms with E-state index in [4.69, 9.17) is 5.11 Å². The van der Waals surface area contributed by atoms with Crippen molar-refractivity contribution in [2.45, 2.75) is 19.1 Å². The van der Waals surface area contributed by atoms with Crippen molar-refractivity contribution in [1.29, 1.82) is 0 Å². The minimum Gasteiger partial charge on any atom is -0.396 e. The van der Waals surface area contributed by atoms with Gasteiger partial charge >= 0.3 is 0 Å². The molecule has 5 heteroatoms. The number of benzene rings is 1. The van der Waals surface area contributed by atoms with Crippen molar-refractivity contribution in [1.82, 2.24) is 4.98 Å². The predicted octanol–water partition coefficient (Wildman–Crippen LogP) is 2.92. The molecule has 0 spiro atoms. The van der Waals surface area contributed by atoms with Gasteiger partial charge in [0, 0.05) is 18.2 Å². The van der Waals surface area contributed by atoms with E-state index in [1.165, 1.54) is 0 Å². The van der Waals surface area contributed by atoms with Crippen LogP contribution >= 0.6 is 11.8 Å². The Hall–Kier alpha value is -1.59. The van der Waals surface area contributed by atoms with Crippen molar-refractivity contribution in [3.05, 3.63) is 36.5 Å². The molecule has 4 nitrogen and oxygen atoms in total. The number of carbonyl (C=O) groups excluding carboxylic acids is 1. The molecule has 0 radical (unpaired) electrons. The lowest BCUT2D eigenvalue weighted by Crippen LogP contribution is -2.23. The van der Waals surface area contributed by atoms with Gasteiger partial charge < -0.3 is 10.4 Å². The second kappa shape index (κ2) is 7.43. The van der Waals surface area contributed by atoms with Gasteiger partial charge in [0.1, 0.15) is 0 Å². The van der Waals surface area contributed by atoms with E-state index in [2.05, 4.69) is 10.3 Å². The number of anilines is 1. The molecule has 1 aromatic carbocycles. The molecule has 2 rings (SSSR count). The Balaban J connectivity index is 2.04. The van der Waals surface area contributed by atoms with Crippen molar-refractivity contribution < 1.29 is 9.90 Å². The monoisotopic (exact) mass is 304 g/mol. The molecule has 0 aliphatic rings. The molecule has 0 fully saturated rings. The lowest BCUT2D eigenvalue weighted by molar-refractivity contribution is -0.115. The van der Waals surface area contributed by atoms with Crippen LogP contribution in [0.2, 0.25) is 0 Å². The third kappa shape index (κ3) is 4.19. The number of pyridine rings is 1. The fourth-order valence-corrected chi connectivity index (χ4v) is 2.82. The first-order valence-electron chi connectivity index (χ1n) is 6.99. The van der Waals surface area contributed by atoms with Crippen molar-refractivity contribution >= 4 is 34.3 Å². The molecule has 112 valence electrons. The smallest absolute Gasteiger partial charge is 0.237 e. The fraction of sp³-hybridized carbons (Fsp3) is 0.375. The van der Waals surface area contributed by atoms with Crippen molar-refractivity contribution in [3.63, 3.8) is 0 Å². The van der Waals surface area contributed by atoms with Gasteiger partial charge in [0.15, 0.2) is 0 Å². The molecular formula is C16H20N2O2S. The Morgan fingerprint density at radius 3 is 2.90 bits per heavy atom. The van der Waals surface area contributed by atoms with Gasteiger partial charge in [0.25, 0.3) is 0 Å². The molecule has 2 atom stereocenters. The van der Waals surface area contributed by atoms with Crippen LogP contribution in [0.25, 0.3) is 10.9 Å². The Bertz CT molecular complexity index is 613. The number of amides is 1. The van der Waals surface area contributed by atoms with Crippen LogP contribution < -0.4 is 5.32 Å². The zero-order valence-corrected chi connectivity index (χ0v) is 13.1. The highest BCUT2D eigenvalue weighted by molar-refractivity contribution is 8.00. The standard InChI is InChI=1S/C16H20N2O2S/c1-11(9-19)10-21-12(2)16(20)18-15-7-3-6-14-13(15)5-4-8-17-14/h3-8,11-12,19H,9-10H2,1-2H3,(H,18,20). The molecule has 0 bridgehead atoms. The number of fused-ring (bicyclic) bond motifs is 1. The van der Waals surface area contributed by atoms with E-state index in [0.29, 0.717) is 0 Å². The van der Waals surface area contributed by atoms with Crippen molar-refractivity contribution in [2.24, 2.45) is 5.92 Å². The summed E-state index contributed by atoms with van der Waals surface area (Å²) in [4.78, 5) is 16.5. The minimum atomic E-state index is -0.161. The number of thioether (sulfide) groups is 1. The van der Waals surface area contributed by atoms with Crippen LogP contribution in [0, 0.1) is 5.92 Å². The molecule has 1 aromatic heterocycles. The van der Waals surface area contributed by atoms with Crippen LogP contribution in [-0.4, -0.2) is 33.6 Å².